The van der Waals surface area contributed by atoms with Gasteiger partial charge < -0.3 is 10.1 Å². The Kier molecular flexibility index (Phi) is 5.12. The van der Waals surface area contributed by atoms with Crippen molar-refractivity contribution >= 4 is 34.0 Å². The molecule has 27 heavy (non-hydrogen) atoms. The van der Waals surface area contributed by atoms with E-state index in [1.165, 1.54) is 31.2 Å². The zero-order valence-corrected chi connectivity index (χ0v) is 14.4. The topological polar surface area (TPSA) is 98.5 Å². The van der Waals surface area contributed by atoms with Crippen molar-refractivity contribution in [1.82, 2.24) is 0 Å². The van der Waals surface area contributed by atoms with Gasteiger partial charge in [-0.2, -0.15) is 0 Å². The highest BCUT2D eigenvalue weighted by Crippen LogP contribution is 2.21. The van der Waals surface area contributed by atoms with Gasteiger partial charge in [0.2, 0.25) is 0 Å². The number of nitrogens with zero attached hydrogens (tertiary/aromatic N) is 1. The second-order valence-corrected chi connectivity index (χ2v) is 5.87. The third-order valence-corrected chi connectivity index (χ3v) is 3.99. The van der Waals surface area contributed by atoms with Crippen molar-refractivity contribution in [2.75, 3.05) is 5.32 Å². The number of nitrogens with one attached hydrogen (secondary N) is 1. The smallest absolute Gasteiger partial charge is 0.345 e. The second-order valence-electron chi connectivity index (χ2n) is 5.87. The van der Waals surface area contributed by atoms with Crippen molar-refractivity contribution in [3.63, 3.8) is 0 Å². The average molecular weight is 364 g/mol. The number of para-hydroxylation sites is 1. The van der Waals surface area contributed by atoms with E-state index in [2.05, 4.69) is 5.32 Å². The number of benzene rings is 3. The molecule has 7 heteroatoms. The fourth-order valence-electron chi connectivity index (χ4n) is 2.59. The molecule has 1 N–H and O–H groups in total. The highest BCUT2D eigenvalue weighted by Gasteiger charge is 2.24. The number of carbonyl (C=O) groups excluding carboxylic acids is 2. The molecule has 0 aromatic heterocycles. The van der Waals surface area contributed by atoms with Gasteiger partial charge in [-0.15, -0.1) is 0 Å². The quantitative estimate of drug-likeness (QED) is 0.420. The minimum atomic E-state index is -1.12. The van der Waals surface area contributed by atoms with E-state index in [9.17, 15) is 19.7 Å². The molecule has 0 heterocycles. The Labute approximate surface area is 154 Å². The van der Waals surface area contributed by atoms with E-state index in [4.69, 9.17) is 4.74 Å². The molecule has 1 amide bonds. The number of amides is 1. The van der Waals surface area contributed by atoms with Gasteiger partial charge in [-0.05, 0) is 35.9 Å². The van der Waals surface area contributed by atoms with Gasteiger partial charge >= 0.3 is 5.97 Å². The van der Waals surface area contributed by atoms with Gasteiger partial charge in [0.15, 0.2) is 6.10 Å². The maximum absolute atomic E-state index is 12.3. The van der Waals surface area contributed by atoms with Crippen molar-refractivity contribution < 1.29 is 19.2 Å². The van der Waals surface area contributed by atoms with E-state index < -0.39 is 22.9 Å². The summed E-state index contributed by atoms with van der Waals surface area (Å²) >= 11 is 0. The van der Waals surface area contributed by atoms with Crippen molar-refractivity contribution in [3.05, 3.63) is 82.4 Å². The standard InChI is InChI=1S/C20H16N2O5/c1-13(27-20(24)17-8-4-5-9-18(17)22(25)26)19(23)21-16-11-10-14-6-2-3-7-15(14)12-16/h2-13H,1H3,(H,21,23). The van der Waals surface area contributed by atoms with Crippen LogP contribution in [0.5, 0.6) is 0 Å². The number of rotatable bonds is 5. The summed E-state index contributed by atoms with van der Waals surface area (Å²) in [5, 5.41) is 15.7. The molecule has 0 aliphatic heterocycles. The number of hydrogen-bond acceptors (Lipinski definition) is 5. The molecule has 3 aromatic carbocycles. The number of hydrogen-bond donors (Lipinski definition) is 1. The first kappa shape index (κ1) is 18.1. The zero-order valence-electron chi connectivity index (χ0n) is 14.4. The number of anilines is 1. The van der Waals surface area contributed by atoms with Crippen LogP contribution < -0.4 is 5.32 Å². The number of esters is 1. The molecule has 136 valence electrons. The predicted octanol–water partition coefficient (Wildman–Crippen LogP) is 3.93. The van der Waals surface area contributed by atoms with Gasteiger partial charge in [-0.25, -0.2) is 4.79 Å². The first-order chi connectivity index (χ1) is 13.0. The van der Waals surface area contributed by atoms with E-state index in [0.29, 0.717) is 5.69 Å². The van der Waals surface area contributed by atoms with Gasteiger partial charge in [-0.1, -0.05) is 42.5 Å². The van der Waals surface area contributed by atoms with Gasteiger partial charge in [0.25, 0.3) is 11.6 Å². The lowest BCUT2D eigenvalue weighted by Crippen LogP contribution is -2.30. The summed E-state index contributed by atoms with van der Waals surface area (Å²) in [5.41, 5.74) is -0.00946. The molecule has 0 saturated heterocycles. The van der Waals surface area contributed by atoms with Gasteiger partial charge in [-0.3, -0.25) is 14.9 Å². The Morgan fingerprint density at radius 1 is 1.00 bits per heavy atom. The van der Waals surface area contributed by atoms with E-state index in [0.717, 1.165) is 10.8 Å². The van der Waals surface area contributed by atoms with Crippen molar-refractivity contribution in [3.8, 4) is 0 Å². The largest absolute Gasteiger partial charge is 0.449 e. The van der Waals surface area contributed by atoms with E-state index >= 15 is 0 Å². The fraction of sp³-hybridized carbons (Fsp3) is 0.100. The molecule has 7 nitrogen and oxygen atoms in total. The molecule has 0 aliphatic carbocycles. The molecular formula is C20H16N2O5. The molecular weight excluding hydrogens is 348 g/mol. The summed E-state index contributed by atoms with van der Waals surface area (Å²) in [6, 6.07) is 18.5. The lowest BCUT2D eigenvalue weighted by atomic mass is 10.1. The van der Waals surface area contributed by atoms with Crippen LogP contribution >= 0.6 is 0 Å². The minimum Gasteiger partial charge on any atom is -0.449 e. The maximum Gasteiger partial charge on any atom is 0.345 e. The molecule has 0 spiro atoms. The zero-order chi connectivity index (χ0) is 19.4. The van der Waals surface area contributed by atoms with Crippen molar-refractivity contribution in [2.45, 2.75) is 13.0 Å². The van der Waals surface area contributed by atoms with E-state index in [-0.39, 0.29) is 11.3 Å². The SMILES string of the molecule is CC(OC(=O)c1ccccc1[N+](=O)[O-])C(=O)Nc1ccc2ccccc2c1. The summed E-state index contributed by atoms with van der Waals surface area (Å²) in [5.74, 6) is -1.46. The normalized spacial score (nSPS) is 11.6. The molecule has 0 fully saturated rings. The fourth-order valence-corrected chi connectivity index (χ4v) is 2.59. The number of carbonyl (C=O) groups is 2. The monoisotopic (exact) mass is 364 g/mol. The van der Waals surface area contributed by atoms with Crippen LogP contribution in [0.2, 0.25) is 0 Å². The summed E-state index contributed by atoms with van der Waals surface area (Å²) in [4.78, 5) is 34.9. The Hall–Kier alpha value is -3.74. The first-order valence-electron chi connectivity index (χ1n) is 8.20. The predicted molar refractivity (Wildman–Crippen MR) is 101 cm³/mol. The Balaban J connectivity index is 1.70. The Morgan fingerprint density at radius 2 is 1.67 bits per heavy atom. The van der Waals surface area contributed by atoms with Crippen LogP contribution in [0.1, 0.15) is 17.3 Å². The average Bonchev–Trinajstić information content (AvgIpc) is 2.67. The molecule has 0 aliphatic rings. The number of fused-ring (bicyclic) bond motifs is 1. The van der Waals surface area contributed by atoms with Gasteiger partial charge in [0, 0.05) is 11.8 Å². The molecule has 1 atom stereocenters. The maximum atomic E-state index is 12.3. The molecule has 0 saturated carbocycles. The van der Waals surface area contributed by atoms with Crippen LogP contribution in [-0.2, 0) is 9.53 Å². The van der Waals surface area contributed by atoms with Crippen molar-refractivity contribution in [1.29, 1.82) is 0 Å². The molecule has 0 radical (unpaired) electrons. The lowest BCUT2D eigenvalue weighted by Gasteiger charge is -2.14. The third-order valence-electron chi connectivity index (χ3n) is 3.99. The van der Waals surface area contributed by atoms with Crippen LogP contribution in [0, 0.1) is 10.1 Å². The minimum absolute atomic E-state index is 0.201. The molecule has 1 unspecified atom stereocenters. The summed E-state index contributed by atoms with van der Waals surface area (Å²) in [7, 11) is 0. The number of nitro groups is 1. The van der Waals surface area contributed by atoms with Crippen LogP contribution in [0.25, 0.3) is 10.8 Å². The highest BCUT2D eigenvalue weighted by molar-refractivity contribution is 6.00. The molecule has 3 rings (SSSR count). The van der Waals surface area contributed by atoms with E-state index in [1.807, 2.05) is 36.4 Å². The number of nitro benzene ring substituents is 1. The summed E-state index contributed by atoms with van der Waals surface area (Å²) in [6.45, 7) is 1.41. The van der Waals surface area contributed by atoms with Crippen LogP contribution in [0.3, 0.4) is 0 Å². The highest BCUT2D eigenvalue weighted by atomic mass is 16.6. The van der Waals surface area contributed by atoms with Crippen LogP contribution in [0.15, 0.2) is 66.7 Å². The van der Waals surface area contributed by atoms with Crippen molar-refractivity contribution in [2.24, 2.45) is 0 Å². The Bertz CT molecular complexity index is 1030. The van der Waals surface area contributed by atoms with Crippen LogP contribution in [-0.4, -0.2) is 22.9 Å². The van der Waals surface area contributed by atoms with Gasteiger partial charge in [0.05, 0.1) is 4.92 Å². The van der Waals surface area contributed by atoms with Gasteiger partial charge in [0.1, 0.15) is 5.56 Å². The summed E-state index contributed by atoms with van der Waals surface area (Å²) in [6.07, 6.45) is -1.12. The third kappa shape index (κ3) is 4.09. The lowest BCUT2D eigenvalue weighted by molar-refractivity contribution is -0.385. The summed E-state index contributed by atoms with van der Waals surface area (Å²) < 4.78 is 5.09. The number of ether oxygens (including phenoxy) is 1. The Morgan fingerprint density at radius 3 is 2.41 bits per heavy atom. The second kappa shape index (κ2) is 7.65. The molecule has 0 bridgehead atoms. The first-order valence-corrected chi connectivity index (χ1v) is 8.20. The van der Waals surface area contributed by atoms with E-state index in [1.54, 1.807) is 6.07 Å². The molecule has 3 aromatic rings. The van der Waals surface area contributed by atoms with Crippen LogP contribution in [0.4, 0.5) is 11.4 Å².